The van der Waals surface area contributed by atoms with E-state index in [0.717, 1.165) is 25.3 Å². The number of carbonyl (C=O) groups excluding carboxylic acids is 1. The topological polar surface area (TPSA) is 41.1 Å². The molecule has 3 heteroatoms. The Labute approximate surface area is 125 Å². The highest BCUT2D eigenvalue weighted by atomic mass is 16.1. The van der Waals surface area contributed by atoms with E-state index in [1.165, 1.54) is 19.3 Å². The predicted molar refractivity (Wildman–Crippen MR) is 85.7 cm³/mol. The minimum Gasteiger partial charge on any atom is -0.353 e. The molecule has 0 spiro atoms. The Hall–Kier alpha value is -0.570. The van der Waals surface area contributed by atoms with Gasteiger partial charge in [0.2, 0.25) is 5.91 Å². The van der Waals surface area contributed by atoms with Crippen molar-refractivity contribution in [3.63, 3.8) is 0 Å². The van der Waals surface area contributed by atoms with Crippen molar-refractivity contribution in [3.8, 4) is 0 Å². The Morgan fingerprint density at radius 2 is 1.80 bits per heavy atom. The summed E-state index contributed by atoms with van der Waals surface area (Å²) in [5.41, 5.74) is 0.453. The normalized spacial score (nSPS) is 25.2. The lowest BCUT2D eigenvalue weighted by Crippen LogP contribution is -2.42. The first-order chi connectivity index (χ1) is 9.39. The average molecular weight is 282 g/mol. The first kappa shape index (κ1) is 17.5. The third-order valence-corrected chi connectivity index (χ3v) is 5.15. The van der Waals surface area contributed by atoms with Gasteiger partial charge in [-0.2, -0.15) is 0 Å². The molecule has 1 atom stereocenters. The van der Waals surface area contributed by atoms with Crippen LogP contribution in [0.15, 0.2) is 0 Å². The molecule has 1 amide bonds. The molecule has 0 saturated heterocycles. The average Bonchev–Trinajstić information content (AvgIpc) is 2.39. The molecule has 1 unspecified atom stereocenters. The van der Waals surface area contributed by atoms with Crippen molar-refractivity contribution in [2.75, 3.05) is 6.54 Å². The van der Waals surface area contributed by atoms with Crippen LogP contribution in [-0.2, 0) is 4.79 Å². The highest BCUT2D eigenvalue weighted by molar-refractivity contribution is 5.76. The molecule has 1 fully saturated rings. The summed E-state index contributed by atoms with van der Waals surface area (Å²) >= 11 is 0. The van der Waals surface area contributed by atoms with Crippen molar-refractivity contribution in [1.82, 2.24) is 10.6 Å². The van der Waals surface area contributed by atoms with Gasteiger partial charge in [-0.05, 0) is 50.5 Å². The van der Waals surface area contributed by atoms with Crippen LogP contribution in [0.3, 0.4) is 0 Å². The Bertz CT molecular complexity index is 293. The standard InChI is InChI=1S/C17H34N2O/c1-6-17(4,5)14-8-10-15(11-9-14)19-16(20)12-13(3)18-7-2/h13-15,18H,6-12H2,1-5H3,(H,19,20). The van der Waals surface area contributed by atoms with E-state index in [9.17, 15) is 4.79 Å². The van der Waals surface area contributed by atoms with Gasteiger partial charge in [0.15, 0.2) is 0 Å². The molecule has 0 radical (unpaired) electrons. The summed E-state index contributed by atoms with van der Waals surface area (Å²) in [5.74, 6) is 1.03. The second-order valence-electron chi connectivity index (χ2n) is 7.12. The second kappa shape index (κ2) is 8.02. The Morgan fingerprint density at radius 3 is 2.30 bits per heavy atom. The summed E-state index contributed by atoms with van der Waals surface area (Å²) in [7, 11) is 0. The second-order valence-corrected chi connectivity index (χ2v) is 7.12. The van der Waals surface area contributed by atoms with Gasteiger partial charge in [0.25, 0.3) is 0 Å². The number of nitrogens with one attached hydrogen (secondary N) is 2. The van der Waals surface area contributed by atoms with Crippen LogP contribution in [0.1, 0.15) is 73.1 Å². The molecule has 1 saturated carbocycles. The van der Waals surface area contributed by atoms with E-state index in [-0.39, 0.29) is 11.9 Å². The summed E-state index contributed by atoms with van der Waals surface area (Å²) in [4.78, 5) is 12.0. The van der Waals surface area contributed by atoms with Crippen molar-refractivity contribution in [2.45, 2.75) is 85.2 Å². The molecule has 0 aromatic heterocycles. The van der Waals surface area contributed by atoms with Crippen molar-refractivity contribution in [1.29, 1.82) is 0 Å². The van der Waals surface area contributed by atoms with Crippen LogP contribution in [0.4, 0.5) is 0 Å². The van der Waals surface area contributed by atoms with Crippen LogP contribution in [0.5, 0.6) is 0 Å². The van der Waals surface area contributed by atoms with Crippen LogP contribution in [0.25, 0.3) is 0 Å². The zero-order valence-electron chi connectivity index (χ0n) is 14.1. The van der Waals surface area contributed by atoms with Crippen molar-refractivity contribution >= 4 is 5.91 Å². The molecule has 20 heavy (non-hydrogen) atoms. The van der Waals surface area contributed by atoms with Crippen LogP contribution in [0.2, 0.25) is 0 Å². The summed E-state index contributed by atoms with van der Waals surface area (Å²) in [5, 5.41) is 6.51. The first-order valence-corrected chi connectivity index (χ1v) is 8.41. The first-order valence-electron chi connectivity index (χ1n) is 8.41. The Balaban J connectivity index is 2.30. The van der Waals surface area contributed by atoms with E-state index in [1.54, 1.807) is 0 Å². The van der Waals surface area contributed by atoms with Crippen LogP contribution >= 0.6 is 0 Å². The van der Waals surface area contributed by atoms with Gasteiger partial charge in [-0.3, -0.25) is 4.79 Å². The maximum absolute atomic E-state index is 12.0. The fraction of sp³-hybridized carbons (Fsp3) is 0.941. The van der Waals surface area contributed by atoms with Gasteiger partial charge in [-0.15, -0.1) is 0 Å². The fourth-order valence-electron chi connectivity index (χ4n) is 3.29. The molecule has 0 aromatic carbocycles. The number of carbonyl (C=O) groups is 1. The molecular weight excluding hydrogens is 248 g/mol. The highest BCUT2D eigenvalue weighted by Gasteiger charge is 2.32. The van der Waals surface area contributed by atoms with Gasteiger partial charge in [-0.25, -0.2) is 0 Å². The third kappa shape index (κ3) is 5.43. The largest absolute Gasteiger partial charge is 0.353 e. The lowest BCUT2D eigenvalue weighted by atomic mass is 9.69. The van der Waals surface area contributed by atoms with Gasteiger partial charge in [-0.1, -0.05) is 34.1 Å². The predicted octanol–water partition coefficient (Wildman–Crippen LogP) is 3.49. The smallest absolute Gasteiger partial charge is 0.221 e. The molecule has 1 aliphatic carbocycles. The number of amides is 1. The fourth-order valence-corrected chi connectivity index (χ4v) is 3.29. The summed E-state index contributed by atoms with van der Waals surface area (Å²) < 4.78 is 0. The van der Waals surface area contributed by atoms with Gasteiger partial charge in [0, 0.05) is 18.5 Å². The van der Waals surface area contributed by atoms with Gasteiger partial charge in [0.1, 0.15) is 0 Å². The van der Waals surface area contributed by atoms with E-state index in [0.29, 0.717) is 17.9 Å². The van der Waals surface area contributed by atoms with E-state index < -0.39 is 0 Å². The minimum atomic E-state index is 0.205. The molecule has 2 N–H and O–H groups in total. The molecule has 1 aliphatic rings. The Morgan fingerprint density at radius 1 is 1.20 bits per heavy atom. The molecule has 0 aromatic rings. The SMILES string of the molecule is CCNC(C)CC(=O)NC1CCC(C(C)(C)CC)CC1. The third-order valence-electron chi connectivity index (χ3n) is 5.15. The van der Waals surface area contributed by atoms with Crippen LogP contribution in [-0.4, -0.2) is 24.5 Å². The molecule has 118 valence electrons. The molecule has 0 heterocycles. The van der Waals surface area contributed by atoms with E-state index in [4.69, 9.17) is 0 Å². The number of hydrogen-bond acceptors (Lipinski definition) is 2. The number of hydrogen-bond donors (Lipinski definition) is 2. The highest BCUT2D eigenvalue weighted by Crippen LogP contribution is 2.40. The quantitative estimate of drug-likeness (QED) is 0.750. The van der Waals surface area contributed by atoms with Crippen molar-refractivity contribution in [2.24, 2.45) is 11.3 Å². The zero-order chi connectivity index (χ0) is 15.2. The molecule has 3 nitrogen and oxygen atoms in total. The summed E-state index contributed by atoms with van der Waals surface area (Å²) in [6.07, 6.45) is 6.65. The molecule has 0 aliphatic heterocycles. The lowest BCUT2D eigenvalue weighted by molar-refractivity contribution is -0.122. The van der Waals surface area contributed by atoms with E-state index in [2.05, 4.69) is 45.3 Å². The van der Waals surface area contributed by atoms with Crippen LogP contribution < -0.4 is 10.6 Å². The maximum Gasteiger partial charge on any atom is 0.221 e. The zero-order valence-corrected chi connectivity index (χ0v) is 14.1. The Kier molecular flexibility index (Phi) is 7.01. The molecular formula is C17H34N2O. The van der Waals surface area contributed by atoms with Gasteiger partial charge >= 0.3 is 0 Å². The van der Waals surface area contributed by atoms with Gasteiger partial charge < -0.3 is 10.6 Å². The molecule has 1 rings (SSSR count). The summed E-state index contributed by atoms with van der Waals surface area (Å²) in [6.45, 7) is 12.1. The summed E-state index contributed by atoms with van der Waals surface area (Å²) in [6, 6.07) is 0.676. The number of rotatable bonds is 7. The minimum absolute atomic E-state index is 0.205. The van der Waals surface area contributed by atoms with Crippen molar-refractivity contribution < 1.29 is 4.79 Å². The van der Waals surface area contributed by atoms with E-state index in [1.807, 2.05) is 0 Å². The lowest BCUT2D eigenvalue weighted by Gasteiger charge is -2.39. The maximum atomic E-state index is 12.0. The van der Waals surface area contributed by atoms with Crippen LogP contribution in [0, 0.1) is 11.3 Å². The van der Waals surface area contributed by atoms with Gasteiger partial charge in [0.05, 0.1) is 0 Å². The molecule has 0 bridgehead atoms. The van der Waals surface area contributed by atoms with E-state index >= 15 is 0 Å². The monoisotopic (exact) mass is 282 g/mol. The van der Waals surface area contributed by atoms with Crippen molar-refractivity contribution in [3.05, 3.63) is 0 Å².